The molecule has 0 radical (unpaired) electrons. The number of aliphatic hydroxyl groups excluding tert-OH is 1. The molecule has 44 heavy (non-hydrogen) atoms. The second-order valence-electron chi connectivity index (χ2n) is 12.7. The van der Waals surface area contributed by atoms with Crippen LogP contribution in [0.2, 0.25) is 0 Å². The molecule has 3 heterocycles. The lowest BCUT2D eigenvalue weighted by molar-refractivity contribution is -0.155. The molecule has 0 aromatic heterocycles. The summed E-state index contributed by atoms with van der Waals surface area (Å²) in [5.74, 6) is -2.14. The smallest absolute Gasteiger partial charge is 0.310 e. The van der Waals surface area contributed by atoms with E-state index >= 15 is 0 Å². The van der Waals surface area contributed by atoms with Gasteiger partial charge in [-0.15, -0.1) is 24.9 Å². The average Bonchev–Trinajstić information content (AvgIpc) is 3.60. The van der Waals surface area contributed by atoms with E-state index in [0.29, 0.717) is 6.61 Å². The van der Waals surface area contributed by atoms with E-state index < -0.39 is 28.7 Å². The van der Waals surface area contributed by atoms with Crippen molar-refractivity contribution in [3.8, 4) is 0 Å². The van der Waals surface area contributed by atoms with E-state index in [1.165, 1.54) is 0 Å². The van der Waals surface area contributed by atoms with Gasteiger partial charge in [0.25, 0.3) is 5.91 Å². The Hall–Kier alpha value is -2.78. The van der Waals surface area contributed by atoms with Gasteiger partial charge in [0, 0.05) is 36.3 Å². The van der Waals surface area contributed by atoms with Crippen LogP contribution in [0.1, 0.15) is 60.3 Å². The third-order valence-electron chi connectivity index (χ3n) is 9.92. The Morgan fingerprint density at radius 2 is 1.80 bits per heavy atom. The average molecular weight is 626 g/mol. The summed E-state index contributed by atoms with van der Waals surface area (Å²) >= 11 is 1.63. The molecule has 3 saturated heterocycles. The summed E-state index contributed by atoms with van der Waals surface area (Å²) in [4.78, 5) is 48.7. The van der Waals surface area contributed by atoms with Gasteiger partial charge in [0.2, 0.25) is 5.91 Å². The molecule has 3 aliphatic heterocycles. The molecule has 2 amide bonds. The monoisotopic (exact) mass is 625 g/mol. The summed E-state index contributed by atoms with van der Waals surface area (Å²) in [6.07, 6.45) is 6.76. The van der Waals surface area contributed by atoms with Gasteiger partial charge in [-0.1, -0.05) is 32.9 Å². The first kappa shape index (κ1) is 34.1. The number of aliphatic hydroxyl groups is 1. The maximum atomic E-state index is 14.9. The summed E-state index contributed by atoms with van der Waals surface area (Å²) in [5.41, 5.74) is 1.80. The van der Waals surface area contributed by atoms with Crippen molar-refractivity contribution in [1.82, 2.24) is 4.90 Å². The number of likely N-dealkylation sites (tertiary alicyclic amines) is 1. The van der Waals surface area contributed by atoms with Crippen molar-refractivity contribution < 1.29 is 24.2 Å². The van der Waals surface area contributed by atoms with Crippen LogP contribution in [0.5, 0.6) is 0 Å². The molecule has 1 aromatic rings. The van der Waals surface area contributed by atoms with E-state index in [2.05, 4.69) is 38.8 Å². The zero-order valence-corrected chi connectivity index (χ0v) is 27.9. The normalized spacial score (nSPS) is 27.8. The molecule has 2 bridgehead atoms. The van der Waals surface area contributed by atoms with Crippen molar-refractivity contribution in [3.63, 3.8) is 0 Å². The Labute approximate surface area is 267 Å². The molecule has 3 fully saturated rings. The quantitative estimate of drug-likeness (QED) is 0.151. The Bertz CT molecular complexity index is 1200. The molecule has 0 aliphatic carbocycles. The SMILES string of the molecule is C=CCCCCOC(=O)[C@@H]1[C@@H]2CC(C)C3(S2)C(C(=O)N(CC=C)c2ccc(N(CC)CC)cc2)N([C@@H](CO)C(C)C)C(=O)[C@H]13. The number of rotatable bonds is 16. The number of nitrogens with zero attached hydrogens (tertiary/aromatic N) is 3. The number of thioether (sulfide) groups is 1. The Kier molecular flexibility index (Phi) is 11.3. The van der Waals surface area contributed by atoms with Crippen LogP contribution in [-0.4, -0.2) is 82.7 Å². The number of hydrogen-bond donors (Lipinski definition) is 1. The van der Waals surface area contributed by atoms with Gasteiger partial charge in [-0.05, 0) is 75.6 Å². The van der Waals surface area contributed by atoms with Crippen molar-refractivity contribution >= 4 is 40.9 Å². The lowest BCUT2D eigenvalue weighted by atomic mass is 9.66. The second kappa shape index (κ2) is 14.5. The van der Waals surface area contributed by atoms with Crippen LogP contribution in [0, 0.1) is 23.7 Å². The fourth-order valence-corrected chi connectivity index (χ4v) is 10.1. The molecule has 0 saturated carbocycles. The van der Waals surface area contributed by atoms with Gasteiger partial charge in [-0.25, -0.2) is 0 Å². The number of anilines is 2. The molecular formula is C35H51N3O5S. The van der Waals surface area contributed by atoms with E-state index in [-0.39, 0.29) is 48.0 Å². The highest BCUT2D eigenvalue weighted by Gasteiger charge is 2.77. The topological polar surface area (TPSA) is 90.4 Å². The first-order valence-corrected chi connectivity index (χ1v) is 17.2. The summed E-state index contributed by atoms with van der Waals surface area (Å²) in [5, 5.41) is 10.5. The van der Waals surface area contributed by atoms with Crippen molar-refractivity contribution in [1.29, 1.82) is 0 Å². The predicted molar refractivity (Wildman–Crippen MR) is 179 cm³/mol. The fraction of sp³-hybridized carbons (Fsp3) is 0.629. The molecule has 3 unspecified atom stereocenters. The van der Waals surface area contributed by atoms with Crippen molar-refractivity contribution in [2.45, 2.75) is 82.4 Å². The van der Waals surface area contributed by atoms with Gasteiger partial charge >= 0.3 is 5.97 Å². The lowest BCUT2D eigenvalue weighted by Gasteiger charge is -2.42. The Balaban J connectivity index is 1.74. The highest BCUT2D eigenvalue weighted by Crippen LogP contribution is 2.69. The van der Waals surface area contributed by atoms with Gasteiger partial charge in [0.15, 0.2) is 0 Å². The zero-order valence-electron chi connectivity index (χ0n) is 27.1. The molecular weight excluding hydrogens is 574 g/mol. The van der Waals surface area contributed by atoms with Crippen molar-refractivity contribution in [2.75, 3.05) is 42.6 Å². The minimum atomic E-state index is -0.836. The number of hydrogen-bond acceptors (Lipinski definition) is 7. The largest absolute Gasteiger partial charge is 0.465 e. The predicted octanol–water partition coefficient (Wildman–Crippen LogP) is 5.31. The number of carbonyl (C=O) groups excluding carboxylic acids is 3. The summed E-state index contributed by atoms with van der Waals surface area (Å²) in [6.45, 7) is 20.0. The maximum Gasteiger partial charge on any atom is 0.310 e. The first-order chi connectivity index (χ1) is 21.1. The van der Waals surface area contributed by atoms with Gasteiger partial charge in [-0.3, -0.25) is 14.4 Å². The number of unbranched alkanes of at least 4 members (excludes halogenated alkanes) is 2. The van der Waals surface area contributed by atoms with Gasteiger partial charge < -0.3 is 24.5 Å². The molecule has 242 valence electrons. The van der Waals surface area contributed by atoms with Gasteiger partial charge in [0.1, 0.15) is 6.04 Å². The standard InChI is InChI=1S/C35H51N3O5S/c1-8-12-13-14-20-43-34(42)29-28-21-24(7)35(44-28)30(29)32(40)38(27(22-39)23(5)6)31(35)33(41)37(19-9-2)26-17-15-25(16-18-26)36(10-3)11-4/h8-9,15-18,23-24,27-31,39H,1-2,10-14,19-22H2,3-7H3/t24?,27-,28-,29+,30-,31?,35?/m0/s1. The summed E-state index contributed by atoms with van der Waals surface area (Å²) in [6, 6.07) is 6.55. The van der Waals surface area contributed by atoms with Crippen molar-refractivity contribution in [2.24, 2.45) is 23.7 Å². The van der Waals surface area contributed by atoms with Gasteiger partial charge in [0.05, 0.1) is 35.8 Å². The van der Waals surface area contributed by atoms with Gasteiger partial charge in [-0.2, -0.15) is 0 Å². The number of fused-ring (bicyclic) bond motifs is 1. The zero-order chi connectivity index (χ0) is 32.2. The number of benzene rings is 1. The van der Waals surface area contributed by atoms with E-state index in [9.17, 15) is 19.5 Å². The van der Waals surface area contributed by atoms with Crippen molar-refractivity contribution in [3.05, 3.63) is 49.6 Å². The minimum Gasteiger partial charge on any atom is -0.465 e. The third-order valence-corrected chi connectivity index (χ3v) is 12.0. The second-order valence-corrected chi connectivity index (χ2v) is 14.2. The number of amides is 2. The molecule has 1 spiro atoms. The fourth-order valence-electron chi connectivity index (χ4n) is 7.68. The molecule has 9 heteroatoms. The highest BCUT2D eigenvalue weighted by molar-refractivity contribution is 8.02. The van der Waals surface area contributed by atoms with Crippen LogP contribution < -0.4 is 9.80 Å². The van der Waals surface area contributed by atoms with Crippen LogP contribution in [0.15, 0.2) is 49.6 Å². The molecule has 1 N–H and O–H groups in total. The van der Waals surface area contributed by atoms with E-state index in [4.69, 9.17) is 4.74 Å². The lowest BCUT2D eigenvalue weighted by Crippen LogP contribution is -2.60. The minimum absolute atomic E-state index is 0.0178. The third kappa shape index (κ3) is 5.94. The van der Waals surface area contributed by atoms with E-state index in [1.54, 1.807) is 27.6 Å². The molecule has 1 aromatic carbocycles. The first-order valence-electron chi connectivity index (χ1n) is 16.3. The summed E-state index contributed by atoms with van der Waals surface area (Å²) in [7, 11) is 0. The number of esters is 1. The van der Waals surface area contributed by atoms with Crippen LogP contribution in [0.25, 0.3) is 0 Å². The maximum absolute atomic E-state index is 14.9. The Morgan fingerprint density at radius 1 is 1.14 bits per heavy atom. The summed E-state index contributed by atoms with van der Waals surface area (Å²) < 4.78 is 4.97. The highest BCUT2D eigenvalue weighted by atomic mass is 32.2. The Morgan fingerprint density at radius 3 is 2.36 bits per heavy atom. The number of ether oxygens (including phenoxy) is 1. The van der Waals surface area contributed by atoms with Crippen LogP contribution >= 0.6 is 11.8 Å². The molecule has 3 aliphatic rings. The van der Waals surface area contributed by atoms with Crippen LogP contribution in [0.3, 0.4) is 0 Å². The van der Waals surface area contributed by atoms with E-state index in [0.717, 1.165) is 50.1 Å². The molecule has 7 atom stereocenters. The van der Waals surface area contributed by atoms with E-state index in [1.807, 2.05) is 44.2 Å². The number of allylic oxidation sites excluding steroid dienone is 1. The number of carbonyl (C=O) groups is 3. The van der Waals surface area contributed by atoms with Crippen LogP contribution in [-0.2, 0) is 19.1 Å². The van der Waals surface area contributed by atoms with Crippen LogP contribution in [0.4, 0.5) is 11.4 Å². The molecule has 4 rings (SSSR count). The molecule has 8 nitrogen and oxygen atoms in total.